The van der Waals surface area contributed by atoms with Gasteiger partial charge in [0, 0.05) is 29.3 Å². The predicted octanol–water partition coefficient (Wildman–Crippen LogP) is 5.54. The second kappa shape index (κ2) is 10.5. The summed E-state index contributed by atoms with van der Waals surface area (Å²) in [5, 5.41) is 27.9. The number of carbonyl (C=O) groups is 1. The summed E-state index contributed by atoms with van der Waals surface area (Å²) >= 11 is 3.37. The third-order valence-electron chi connectivity index (χ3n) is 8.18. The first-order valence-corrected chi connectivity index (χ1v) is 14.6. The molecule has 4 aromatic rings. The number of nitrogens with two attached hydrogens (primary N) is 1. The SMILES string of the molecule is CC(C)(O)Cn1nnc2cc(-c3ccc(C(=O)N4[C@@H]5CC[C@H]4CC(N)C5)cc3-c3ccc(C#N)c(F)c3)c(F)c(Br)c21. The van der Waals surface area contributed by atoms with Gasteiger partial charge in [0.1, 0.15) is 28.7 Å². The Balaban J connectivity index is 1.50. The van der Waals surface area contributed by atoms with Crippen LogP contribution in [0.3, 0.4) is 0 Å². The minimum atomic E-state index is -1.11. The van der Waals surface area contributed by atoms with Crippen molar-refractivity contribution in [2.24, 2.45) is 5.73 Å². The lowest BCUT2D eigenvalue weighted by Crippen LogP contribution is -2.50. The van der Waals surface area contributed by atoms with Gasteiger partial charge < -0.3 is 15.7 Å². The average Bonchev–Trinajstić information content (AvgIpc) is 3.46. The van der Waals surface area contributed by atoms with E-state index < -0.39 is 17.2 Å². The highest BCUT2D eigenvalue weighted by atomic mass is 79.9. The second-order valence-electron chi connectivity index (χ2n) is 11.9. The van der Waals surface area contributed by atoms with Crippen LogP contribution >= 0.6 is 15.9 Å². The Hall–Kier alpha value is -3.72. The highest BCUT2D eigenvalue weighted by Gasteiger charge is 2.42. The molecular formula is C31H29BrF2N6O2. The standard InChI is InChI=1S/C31H29BrF2N6O2/c1-31(2,42)15-39-29-26(37-38-39)13-24(28(34)27(29)32)22-8-5-17(9-23(22)16-3-4-18(14-35)25(33)10-16)30(41)40-20-6-7-21(40)12-19(36)11-20/h3-5,8-10,13,19-21,42H,6-7,11-12,15,36H2,1-2H3/t19?,20-,21+. The zero-order valence-electron chi connectivity index (χ0n) is 23.1. The van der Waals surface area contributed by atoms with E-state index >= 15 is 4.39 Å². The number of carbonyl (C=O) groups excluding carboxylic acids is 1. The first kappa shape index (κ1) is 28.4. The van der Waals surface area contributed by atoms with E-state index in [2.05, 4.69) is 26.2 Å². The molecule has 2 bridgehead atoms. The van der Waals surface area contributed by atoms with Crippen LogP contribution in [0.2, 0.25) is 0 Å². The number of aromatic nitrogens is 3. The van der Waals surface area contributed by atoms with Crippen LogP contribution in [0.4, 0.5) is 8.78 Å². The molecule has 3 aromatic carbocycles. The van der Waals surface area contributed by atoms with Gasteiger partial charge in [-0.25, -0.2) is 13.5 Å². The van der Waals surface area contributed by atoms with E-state index in [1.807, 2.05) is 11.0 Å². The van der Waals surface area contributed by atoms with E-state index in [4.69, 9.17) is 5.73 Å². The molecule has 3 atom stereocenters. The van der Waals surface area contributed by atoms with Crippen molar-refractivity contribution in [1.82, 2.24) is 19.9 Å². The lowest BCUT2D eigenvalue weighted by atomic mass is 9.90. The number of fused-ring (bicyclic) bond motifs is 3. The second-order valence-corrected chi connectivity index (χ2v) is 12.7. The van der Waals surface area contributed by atoms with Gasteiger partial charge >= 0.3 is 0 Å². The van der Waals surface area contributed by atoms with Crippen LogP contribution in [0.5, 0.6) is 0 Å². The van der Waals surface area contributed by atoms with Crippen LogP contribution < -0.4 is 5.73 Å². The smallest absolute Gasteiger partial charge is 0.254 e. The third-order valence-corrected chi connectivity index (χ3v) is 8.90. The minimum absolute atomic E-state index is 0.0730. The molecule has 1 unspecified atom stereocenters. The van der Waals surface area contributed by atoms with Crippen molar-refractivity contribution in [2.75, 3.05) is 0 Å². The quantitative estimate of drug-likeness (QED) is 0.297. The molecule has 1 aromatic heterocycles. The van der Waals surface area contributed by atoms with E-state index in [-0.39, 0.29) is 46.2 Å². The molecule has 0 aliphatic carbocycles. The van der Waals surface area contributed by atoms with Gasteiger partial charge in [0.2, 0.25) is 0 Å². The summed E-state index contributed by atoms with van der Waals surface area (Å²) in [5.41, 5.74) is 7.58. The maximum Gasteiger partial charge on any atom is 0.254 e. The molecule has 0 saturated carbocycles. The molecule has 0 radical (unpaired) electrons. The van der Waals surface area contributed by atoms with Crippen LogP contribution in [0.25, 0.3) is 33.3 Å². The Morgan fingerprint density at radius 3 is 2.48 bits per heavy atom. The zero-order valence-corrected chi connectivity index (χ0v) is 24.7. The lowest BCUT2D eigenvalue weighted by Gasteiger charge is -2.38. The molecule has 8 nitrogen and oxygen atoms in total. The molecule has 3 heterocycles. The lowest BCUT2D eigenvalue weighted by molar-refractivity contribution is 0.0571. The van der Waals surface area contributed by atoms with E-state index in [1.165, 1.54) is 16.8 Å². The Bertz CT molecular complexity index is 1760. The highest BCUT2D eigenvalue weighted by Crippen LogP contribution is 2.41. The Morgan fingerprint density at radius 2 is 1.83 bits per heavy atom. The Kier molecular flexibility index (Phi) is 7.12. The van der Waals surface area contributed by atoms with Gasteiger partial charge in [-0.3, -0.25) is 4.79 Å². The van der Waals surface area contributed by atoms with Gasteiger partial charge in [-0.15, -0.1) is 5.10 Å². The molecule has 2 aliphatic heterocycles. The molecule has 42 heavy (non-hydrogen) atoms. The van der Waals surface area contributed by atoms with Crippen LogP contribution in [0.15, 0.2) is 46.9 Å². The van der Waals surface area contributed by atoms with Crippen molar-refractivity contribution < 1.29 is 18.7 Å². The summed E-state index contributed by atoms with van der Waals surface area (Å²) in [6.45, 7) is 3.33. The fraction of sp³-hybridized carbons (Fsp3) is 0.355. The molecule has 1 amide bonds. The number of hydrogen-bond acceptors (Lipinski definition) is 6. The summed E-state index contributed by atoms with van der Waals surface area (Å²) in [6, 6.07) is 12.8. The zero-order chi connectivity index (χ0) is 29.9. The van der Waals surface area contributed by atoms with Gasteiger partial charge in [-0.05, 0) is 102 Å². The maximum absolute atomic E-state index is 16.1. The first-order valence-electron chi connectivity index (χ1n) is 13.8. The summed E-state index contributed by atoms with van der Waals surface area (Å²) in [4.78, 5) is 15.7. The number of nitriles is 1. The molecule has 0 spiro atoms. The number of benzene rings is 3. The fourth-order valence-corrected chi connectivity index (χ4v) is 6.99. The number of aliphatic hydroxyl groups is 1. The van der Waals surface area contributed by atoms with Crippen molar-refractivity contribution in [3.63, 3.8) is 0 Å². The monoisotopic (exact) mass is 634 g/mol. The number of amides is 1. The van der Waals surface area contributed by atoms with E-state index in [0.717, 1.165) is 25.7 Å². The maximum atomic E-state index is 16.1. The molecule has 2 saturated heterocycles. The Labute approximate surface area is 249 Å². The first-order chi connectivity index (χ1) is 19.9. The normalized spacial score (nSPS) is 20.2. The summed E-state index contributed by atoms with van der Waals surface area (Å²) in [6.07, 6.45) is 3.31. The van der Waals surface area contributed by atoms with E-state index in [1.54, 1.807) is 44.2 Å². The van der Waals surface area contributed by atoms with Crippen LogP contribution in [-0.2, 0) is 6.54 Å². The highest BCUT2D eigenvalue weighted by molar-refractivity contribution is 9.10. The van der Waals surface area contributed by atoms with Crippen LogP contribution in [-0.4, -0.2) is 54.6 Å². The number of nitrogens with zero attached hydrogens (tertiary/aromatic N) is 5. The van der Waals surface area contributed by atoms with Crippen molar-refractivity contribution in [3.05, 3.63) is 69.7 Å². The molecule has 2 aliphatic rings. The summed E-state index contributed by atoms with van der Waals surface area (Å²) in [5.74, 6) is -1.45. The third kappa shape index (κ3) is 4.97. The number of hydrogen-bond donors (Lipinski definition) is 2. The van der Waals surface area contributed by atoms with Gasteiger partial charge in [-0.2, -0.15) is 5.26 Å². The minimum Gasteiger partial charge on any atom is -0.389 e. The van der Waals surface area contributed by atoms with Gasteiger partial charge in [0.15, 0.2) is 0 Å². The van der Waals surface area contributed by atoms with Crippen molar-refractivity contribution in [1.29, 1.82) is 5.26 Å². The molecule has 11 heteroatoms. The Morgan fingerprint density at radius 1 is 1.12 bits per heavy atom. The van der Waals surface area contributed by atoms with E-state index in [9.17, 15) is 19.6 Å². The molecule has 2 fully saturated rings. The van der Waals surface area contributed by atoms with Gasteiger partial charge in [0.05, 0.1) is 22.2 Å². The molecule has 216 valence electrons. The average molecular weight is 636 g/mol. The van der Waals surface area contributed by atoms with Gasteiger partial charge in [-0.1, -0.05) is 17.3 Å². The fourth-order valence-electron chi connectivity index (χ4n) is 6.37. The van der Waals surface area contributed by atoms with E-state index in [0.29, 0.717) is 33.3 Å². The number of piperidine rings is 1. The summed E-state index contributed by atoms with van der Waals surface area (Å²) in [7, 11) is 0. The van der Waals surface area contributed by atoms with Crippen LogP contribution in [0, 0.1) is 23.0 Å². The summed E-state index contributed by atoms with van der Waals surface area (Å²) < 4.78 is 32.5. The van der Waals surface area contributed by atoms with Gasteiger partial charge in [0.25, 0.3) is 5.91 Å². The van der Waals surface area contributed by atoms with Crippen molar-refractivity contribution in [3.8, 4) is 28.3 Å². The molecule has 6 rings (SSSR count). The van der Waals surface area contributed by atoms with Crippen molar-refractivity contribution >= 4 is 32.9 Å². The predicted molar refractivity (Wildman–Crippen MR) is 157 cm³/mol. The van der Waals surface area contributed by atoms with Crippen molar-refractivity contribution in [2.45, 2.75) is 69.8 Å². The molecular weight excluding hydrogens is 606 g/mol. The topological polar surface area (TPSA) is 121 Å². The largest absolute Gasteiger partial charge is 0.389 e. The van der Waals surface area contributed by atoms with Crippen LogP contribution in [0.1, 0.15) is 55.5 Å². The molecule has 3 N–H and O–H groups in total. The number of halogens is 3. The number of rotatable bonds is 5.